The van der Waals surface area contributed by atoms with Crippen LogP contribution >= 0.6 is 0 Å². The van der Waals surface area contributed by atoms with Gasteiger partial charge in [-0.05, 0) is 56.7 Å². The van der Waals surface area contributed by atoms with Gasteiger partial charge in [-0.1, -0.05) is 55.0 Å². The zero-order chi connectivity index (χ0) is 22.6. The summed E-state index contributed by atoms with van der Waals surface area (Å²) in [4.78, 5) is 15.6. The average molecular weight is 443 g/mol. The Balaban J connectivity index is 1.70. The average Bonchev–Trinajstić information content (AvgIpc) is 2.73. The molecule has 0 N–H and O–H groups in total. The molecule has 0 radical (unpaired) electrons. The molecular weight excluding hydrogens is 408 g/mol. The van der Waals surface area contributed by atoms with E-state index in [0.717, 1.165) is 28.7 Å². The first kappa shape index (κ1) is 23.5. The van der Waals surface area contributed by atoms with Crippen LogP contribution in [0.25, 0.3) is 0 Å². The summed E-state index contributed by atoms with van der Waals surface area (Å²) in [6, 6.07) is 13.9. The van der Waals surface area contributed by atoms with Gasteiger partial charge < -0.3 is 4.90 Å². The summed E-state index contributed by atoms with van der Waals surface area (Å²) in [5.74, 6) is 0.0207. The molecule has 1 saturated heterocycles. The number of aryl methyl sites for hydroxylation is 3. The monoisotopic (exact) mass is 442 g/mol. The predicted octanol–water partition coefficient (Wildman–Crippen LogP) is 4.45. The van der Waals surface area contributed by atoms with Crippen molar-refractivity contribution in [3.63, 3.8) is 0 Å². The summed E-state index contributed by atoms with van der Waals surface area (Å²) >= 11 is 0. The fourth-order valence-corrected chi connectivity index (χ4v) is 6.53. The number of sulfonamides is 1. The standard InChI is InChI=1S/C25H34N2O3S/c1-5-13-26(18-22-9-7-6-8-10-22)25(28)23-11-14-27(15-12-23)31(29,30)24-20(3)16-19(2)17-21(24)4/h6-10,16-17,23H,5,11-15,18H2,1-4H3. The van der Waals surface area contributed by atoms with Crippen molar-refractivity contribution in [1.29, 1.82) is 0 Å². The summed E-state index contributed by atoms with van der Waals surface area (Å²) in [7, 11) is -3.56. The van der Waals surface area contributed by atoms with E-state index in [4.69, 9.17) is 0 Å². The normalized spacial score (nSPS) is 15.7. The molecule has 6 heteroatoms. The van der Waals surface area contributed by atoms with Gasteiger partial charge in [-0.2, -0.15) is 4.31 Å². The van der Waals surface area contributed by atoms with Crippen LogP contribution in [0, 0.1) is 26.7 Å². The molecule has 1 heterocycles. The van der Waals surface area contributed by atoms with Gasteiger partial charge in [0.1, 0.15) is 0 Å². The topological polar surface area (TPSA) is 57.7 Å². The van der Waals surface area contributed by atoms with Crippen LogP contribution in [0.5, 0.6) is 0 Å². The van der Waals surface area contributed by atoms with Crippen LogP contribution in [-0.4, -0.2) is 43.2 Å². The molecule has 1 aliphatic rings. The lowest BCUT2D eigenvalue weighted by Gasteiger charge is -2.34. The highest BCUT2D eigenvalue weighted by Gasteiger charge is 2.35. The molecule has 0 atom stereocenters. The molecule has 0 unspecified atom stereocenters. The van der Waals surface area contributed by atoms with E-state index in [9.17, 15) is 13.2 Å². The highest BCUT2D eigenvalue weighted by atomic mass is 32.2. The molecule has 1 amide bonds. The molecule has 1 aliphatic heterocycles. The van der Waals surface area contributed by atoms with Crippen molar-refractivity contribution >= 4 is 15.9 Å². The Morgan fingerprint density at radius 2 is 1.61 bits per heavy atom. The van der Waals surface area contributed by atoms with Gasteiger partial charge in [-0.3, -0.25) is 4.79 Å². The second kappa shape index (κ2) is 9.96. The first-order valence-electron chi connectivity index (χ1n) is 11.1. The number of amides is 1. The van der Waals surface area contributed by atoms with Crippen molar-refractivity contribution < 1.29 is 13.2 Å². The Kier molecular flexibility index (Phi) is 7.55. The molecule has 2 aromatic carbocycles. The maximum absolute atomic E-state index is 13.3. The van der Waals surface area contributed by atoms with Crippen LogP contribution in [0.15, 0.2) is 47.4 Å². The van der Waals surface area contributed by atoms with Crippen molar-refractivity contribution in [2.75, 3.05) is 19.6 Å². The van der Waals surface area contributed by atoms with Gasteiger partial charge in [0.2, 0.25) is 15.9 Å². The molecule has 0 saturated carbocycles. The molecule has 5 nitrogen and oxygen atoms in total. The van der Waals surface area contributed by atoms with Crippen LogP contribution in [0.2, 0.25) is 0 Å². The quantitative estimate of drug-likeness (QED) is 0.636. The Bertz CT molecular complexity index is 987. The van der Waals surface area contributed by atoms with Crippen LogP contribution in [0.3, 0.4) is 0 Å². The van der Waals surface area contributed by atoms with E-state index in [-0.39, 0.29) is 11.8 Å². The summed E-state index contributed by atoms with van der Waals surface area (Å²) in [6.07, 6.45) is 2.03. The highest BCUT2D eigenvalue weighted by Crippen LogP contribution is 2.29. The second-order valence-corrected chi connectivity index (χ2v) is 10.5. The van der Waals surface area contributed by atoms with Crippen LogP contribution < -0.4 is 0 Å². The lowest BCUT2D eigenvalue weighted by atomic mass is 9.96. The fraction of sp³-hybridized carbons (Fsp3) is 0.480. The molecule has 2 aromatic rings. The van der Waals surface area contributed by atoms with E-state index >= 15 is 0 Å². The maximum Gasteiger partial charge on any atom is 0.243 e. The van der Waals surface area contributed by atoms with Gasteiger partial charge in [-0.15, -0.1) is 0 Å². The summed E-state index contributed by atoms with van der Waals surface area (Å²) < 4.78 is 28.2. The van der Waals surface area contributed by atoms with E-state index in [1.54, 1.807) is 4.31 Å². The zero-order valence-corrected chi connectivity index (χ0v) is 19.9. The smallest absolute Gasteiger partial charge is 0.243 e. The molecule has 31 heavy (non-hydrogen) atoms. The molecule has 3 rings (SSSR count). The van der Waals surface area contributed by atoms with Crippen LogP contribution in [-0.2, 0) is 21.4 Å². The molecule has 0 spiro atoms. The molecule has 0 aromatic heterocycles. The van der Waals surface area contributed by atoms with Gasteiger partial charge in [0.05, 0.1) is 4.90 Å². The van der Waals surface area contributed by atoms with Crippen molar-refractivity contribution in [2.24, 2.45) is 5.92 Å². The molecule has 168 valence electrons. The van der Waals surface area contributed by atoms with Crippen LogP contribution in [0.1, 0.15) is 48.4 Å². The van der Waals surface area contributed by atoms with Crippen LogP contribution in [0.4, 0.5) is 0 Å². The minimum absolute atomic E-state index is 0.123. The lowest BCUT2D eigenvalue weighted by Crippen LogP contribution is -2.44. The van der Waals surface area contributed by atoms with Gasteiger partial charge in [-0.25, -0.2) is 8.42 Å². The van der Waals surface area contributed by atoms with E-state index in [1.165, 1.54) is 0 Å². The number of carbonyl (C=O) groups is 1. The van der Waals surface area contributed by atoms with Crippen molar-refractivity contribution in [3.05, 3.63) is 64.7 Å². The zero-order valence-electron chi connectivity index (χ0n) is 19.1. The fourth-order valence-electron chi connectivity index (χ4n) is 4.64. The minimum Gasteiger partial charge on any atom is -0.338 e. The van der Waals surface area contributed by atoms with Crippen molar-refractivity contribution in [2.45, 2.75) is 58.4 Å². The van der Waals surface area contributed by atoms with E-state index < -0.39 is 10.0 Å². The number of carbonyl (C=O) groups excluding carboxylic acids is 1. The number of piperidine rings is 1. The second-order valence-electron chi connectivity index (χ2n) is 8.65. The molecular formula is C25H34N2O3S. The number of nitrogens with zero attached hydrogens (tertiary/aromatic N) is 2. The number of rotatable bonds is 7. The van der Waals surface area contributed by atoms with Gasteiger partial charge in [0.15, 0.2) is 0 Å². The molecule has 0 bridgehead atoms. The first-order valence-corrected chi connectivity index (χ1v) is 12.6. The van der Waals surface area contributed by atoms with Crippen molar-refractivity contribution in [1.82, 2.24) is 9.21 Å². The van der Waals surface area contributed by atoms with Gasteiger partial charge >= 0.3 is 0 Å². The van der Waals surface area contributed by atoms with Gasteiger partial charge in [0.25, 0.3) is 0 Å². The first-order chi connectivity index (χ1) is 14.7. The summed E-state index contributed by atoms with van der Waals surface area (Å²) in [5, 5.41) is 0. The Morgan fingerprint density at radius 1 is 1.03 bits per heavy atom. The summed E-state index contributed by atoms with van der Waals surface area (Å²) in [6.45, 7) is 9.86. The third kappa shape index (κ3) is 5.36. The van der Waals surface area contributed by atoms with E-state index in [0.29, 0.717) is 43.9 Å². The van der Waals surface area contributed by atoms with E-state index in [1.807, 2.05) is 68.1 Å². The SMILES string of the molecule is CCCN(Cc1ccccc1)C(=O)C1CCN(S(=O)(=O)c2c(C)cc(C)cc2C)CC1. The third-order valence-corrected chi connectivity index (χ3v) is 8.23. The highest BCUT2D eigenvalue weighted by molar-refractivity contribution is 7.89. The number of hydrogen-bond donors (Lipinski definition) is 0. The molecule has 1 fully saturated rings. The third-order valence-electron chi connectivity index (χ3n) is 6.03. The largest absolute Gasteiger partial charge is 0.338 e. The Labute approximate surface area is 187 Å². The van der Waals surface area contributed by atoms with Crippen molar-refractivity contribution in [3.8, 4) is 0 Å². The van der Waals surface area contributed by atoms with Gasteiger partial charge in [0, 0.05) is 32.1 Å². The number of hydrogen-bond acceptors (Lipinski definition) is 3. The lowest BCUT2D eigenvalue weighted by molar-refractivity contribution is -0.137. The number of benzene rings is 2. The predicted molar refractivity (Wildman–Crippen MR) is 124 cm³/mol. The van der Waals surface area contributed by atoms with E-state index in [2.05, 4.69) is 6.92 Å². The Morgan fingerprint density at radius 3 is 2.16 bits per heavy atom. The maximum atomic E-state index is 13.3. The Hall–Kier alpha value is -2.18. The minimum atomic E-state index is -3.56. The molecule has 0 aliphatic carbocycles. The summed E-state index contributed by atoms with van der Waals surface area (Å²) in [5.41, 5.74) is 3.75.